The van der Waals surface area contributed by atoms with Crippen molar-refractivity contribution in [2.75, 3.05) is 57.4 Å². The first-order valence-corrected chi connectivity index (χ1v) is 17.0. The second kappa shape index (κ2) is 14.1. The molecule has 2 aliphatic heterocycles. The van der Waals surface area contributed by atoms with Gasteiger partial charge in [-0.15, -0.1) is 6.42 Å². The molecule has 2 atom stereocenters. The number of nitriles is 1. The number of halogens is 2. The maximum atomic E-state index is 17.0. The van der Waals surface area contributed by atoms with Gasteiger partial charge in [0.05, 0.1) is 42.8 Å². The van der Waals surface area contributed by atoms with Gasteiger partial charge in [-0.3, -0.25) is 14.7 Å². The van der Waals surface area contributed by atoms with E-state index < -0.39 is 17.7 Å². The number of pyridine rings is 1. The fourth-order valence-corrected chi connectivity index (χ4v) is 7.12. The van der Waals surface area contributed by atoms with Gasteiger partial charge in [0.2, 0.25) is 5.91 Å². The fourth-order valence-electron chi connectivity index (χ4n) is 7.12. The number of phenols is 1. The van der Waals surface area contributed by atoms with Crippen molar-refractivity contribution in [3.8, 4) is 41.4 Å². The maximum Gasteiger partial charge on any atom is 0.319 e. The van der Waals surface area contributed by atoms with Crippen LogP contribution < -0.4 is 15.0 Å². The number of aromatic hydroxyl groups is 1. The van der Waals surface area contributed by atoms with Crippen LogP contribution >= 0.6 is 0 Å². The summed E-state index contributed by atoms with van der Waals surface area (Å²) in [7, 11) is 0. The molecule has 2 saturated heterocycles. The lowest BCUT2D eigenvalue weighted by Crippen LogP contribution is -2.42. The third-order valence-electron chi connectivity index (χ3n) is 9.99. The van der Waals surface area contributed by atoms with Gasteiger partial charge in [0.15, 0.2) is 5.82 Å². The zero-order chi connectivity index (χ0) is 35.7. The molecule has 7 rings (SSSR count). The normalized spacial score (nSPS) is 20.3. The molecule has 0 bridgehead atoms. The second-order valence-electron chi connectivity index (χ2n) is 13.6. The number of amides is 1. The predicted octanol–water partition coefficient (Wildman–Crippen LogP) is 4.71. The number of benzene rings is 2. The topological polar surface area (TPSA) is 137 Å². The summed E-state index contributed by atoms with van der Waals surface area (Å²) in [5.74, 6) is 0.297. The highest BCUT2D eigenvalue weighted by atomic mass is 19.1. The minimum atomic E-state index is -0.837. The van der Waals surface area contributed by atoms with Gasteiger partial charge in [-0.1, -0.05) is 18.6 Å². The Labute approximate surface area is 293 Å². The van der Waals surface area contributed by atoms with E-state index in [1.54, 1.807) is 0 Å². The molecule has 0 unspecified atom stereocenters. The number of rotatable bonds is 9. The Morgan fingerprint density at radius 1 is 1.24 bits per heavy atom. The molecule has 13 heteroatoms. The summed E-state index contributed by atoms with van der Waals surface area (Å²) in [6.07, 6.45) is 11.1. The van der Waals surface area contributed by atoms with Gasteiger partial charge in [0, 0.05) is 61.3 Å². The van der Waals surface area contributed by atoms with Crippen molar-refractivity contribution < 1.29 is 28.2 Å². The molecule has 1 amide bonds. The first-order valence-electron chi connectivity index (χ1n) is 17.0. The summed E-state index contributed by atoms with van der Waals surface area (Å²) in [6, 6.07) is 7.24. The molecular weight excluding hydrogens is 656 g/mol. The number of aromatic nitrogens is 3. The lowest BCUT2D eigenvalue weighted by Gasteiger charge is -2.30. The van der Waals surface area contributed by atoms with Gasteiger partial charge in [-0.2, -0.15) is 15.2 Å². The number of hydrogen-bond acceptors (Lipinski definition) is 10. The van der Waals surface area contributed by atoms with Crippen LogP contribution in [0.4, 0.5) is 14.6 Å². The number of fused-ring (bicyclic) bond motifs is 2. The minimum absolute atomic E-state index is 0.0364. The van der Waals surface area contributed by atoms with E-state index in [1.807, 2.05) is 4.90 Å². The summed E-state index contributed by atoms with van der Waals surface area (Å²) in [5.41, 5.74) is -0.364. The Balaban J connectivity index is 1.33. The van der Waals surface area contributed by atoms with Crippen LogP contribution in [0, 0.1) is 46.6 Å². The van der Waals surface area contributed by atoms with Crippen LogP contribution in [0.15, 0.2) is 43.1 Å². The molecule has 11 nitrogen and oxygen atoms in total. The Hall–Kier alpha value is -5.37. The molecule has 1 aliphatic carbocycles. The largest absolute Gasteiger partial charge is 0.508 e. The van der Waals surface area contributed by atoms with E-state index in [0.717, 1.165) is 32.5 Å². The zero-order valence-electron chi connectivity index (χ0n) is 28.0. The smallest absolute Gasteiger partial charge is 0.319 e. The monoisotopic (exact) mass is 693 g/mol. The van der Waals surface area contributed by atoms with E-state index in [1.165, 1.54) is 36.5 Å². The van der Waals surface area contributed by atoms with Crippen molar-refractivity contribution in [2.24, 2.45) is 11.3 Å². The van der Waals surface area contributed by atoms with E-state index in [4.69, 9.17) is 20.9 Å². The highest BCUT2D eigenvalue weighted by Gasteiger charge is 2.45. The second-order valence-corrected chi connectivity index (χ2v) is 13.6. The van der Waals surface area contributed by atoms with E-state index >= 15 is 4.39 Å². The van der Waals surface area contributed by atoms with Gasteiger partial charge in [-0.25, -0.2) is 8.78 Å². The third kappa shape index (κ3) is 7.00. The number of nitrogens with zero attached hydrogens (tertiary/aromatic N) is 6. The van der Waals surface area contributed by atoms with E-state index in [-0.39, 0.29) is 68.7 Å². The van der Waals surface area contributed by atoms with E-state index in [0.29, 0.717) is 50.4 Å². The predicted molar refractivity (Wildman–Crippen MR) is 187 cm³/mol. The number of hydrogen-bond donors (Lipinski definition) is 2. The molecule has 262 valence electrons. The van der Waals surface area contributed by atoms with Crippen LogP contribution in [0.25, 0.3) is 32.9 Å². The first kappa shape index (κ1) is 34.1. The van der Waals surface area contributed by atoms with Crippen molar-refractivity contribution in [3.05, 3.63) is 60.3 Å². The third-order valence-corrected chi connectivity index (χ3v) is 9.99. The molecule has 4 aromatic rings. The number of terminal acetylenes is 1. The number of phenolic OH excluding ortho intramolecular Hbond substituents is 1. The number of anilines is 1. The molecule has 51 heavy (non-hydrogen) atoms. The lowest BCUT2D eigenvalue weighted by molar-refractivity contribution is -0.117. The molecule has 4 heterocycles. The zero-order valence-corrected chi connectivity index (χ0v) is 28.0. The highest BCUT2D eigenvalue weighted by molar-refractivity contribution is 6.03. The van der Waals surface area contributed by atoms with E-state index in [2.05, 4.69) is 38.8 Å². The molecule has 0 spiro atoms. The van der Waals surface area contributed by atoms with Crippen molar-refractivity contribution in [1.82, 2.24) is 25.2 Å². The van der Waals surface area contributed by atoms with Gasteiger partial charge in [0.1, 0.15) is 28.6 Å². The Kier molecular flexibility index (Phi) is 9.42. The van der Waals surface area contributed by atoms with Crippen LogP contribution in [0.1, 0.15) is 31.2 Å². The highest BCUT2D eigenvalue weighted by Crippen LogP contribution is 2.47. The quantitative estimate of drug-likeness (QED) is 0.187. The number of nitrogens with one attached hydrogen (secondary N) is 1. The summed E-state index contributed by atoms with van der Waals surface area (Å²) in [6.45, 7) is 8.43. The maximum absolute atomic E-state index is 17.0. The van der Waals surface area contributed by atoms with Gasteiger partial charge in [0.25, 0.3) is 0 Å². The molecule has 3 fully saturated rings. The van der Waals surface area contributed by atoms with E-state index in [9.17, 15) is 19.6 Å². The Bertz CT molecular complexity index is 2100. The fraction of sp³-hybridized carbons (Fsp3) is 0.395. The van der Waals surface area contributed by atoms with Gasteiger partial charge >= 0.3 is 6.01 Å². The Morgan fingerprint density at radius 3 is 2.76 bits per heavy atom. The molecule has 1 saturated carbocycles. The van der Waals surface area contributed by atoms with Gasteiger partial charge in [-0.05, 0) is 55.3 Å². The number of carbonyl (C=O) groups is 1. The van der Waals surface area contributed by atoms with Crippen molar-refractivity contribution in [3.63, 3.8) is 0 Å². The summed E-state index contributed by atoms with van der Waals surface area (Å²) in [5, 5.41) is 24.2. The van der Waals surface area contributed by atoms with Crippen molar-refractivity contribution in [2.45, 2.75) is 31.7 Å². The molecule has 3 aliphatic rings. The van der Waals surface area contributed by atoms with Crippen molar-refractivity contribution in [1.29, 1.82) is 5.26 Å². The molecule has 2 N–H and O–H groups in total. The summed E-state index contributed by atoms with van der Waals surface area (Å²) >= 11 is 0. The standard InChI is InChI=1S/C38H37F2N7O4/c1-3-27-30(39)6-5-24-16-26(48)17-28(32(24)27)34-33(40)35-29(19-42-34)36(47-10-7-23(18-41)15-25(20-47)43-31(49)4-2)45-37(44-35)51-22-38(8-9-38)21-46-11-13-50-14-12-46/h1,4-6,16-17,19,23,25,48H,2,7-15,20-22H2,(H,43,49)/t23-,25-/m0/s1. The van der Waals surface area contributed by atoms with Crippen LogP contribution in [0.2, 0.25) is 0 Å². The summed E-state index contributed by atoms with van der Waals surface area (Å²) in [4.78, 5) is 30.4. The lowest BCUT2D eigenvalue weighted by atomic mass is 9.96. The van der Waals surface area contributed by atoms with Crippen LogP contribution in [0.5, 0.6) is 11.8 Å². The summed E-state index contributed by atoms with van der Waals surface area (Å²) < 4.78 is 43.7. The van der Waals surface area contributed by atoms with Crippen molar-refractivity contribution >= 4 is 33.4 Å². The number of carbonyl (C=O) groups excluding carboxylic acids is 1. The number of ether oxygens (including phenoxy) is 2. The van der Waals surface area contributed by atoms with Crippen LogP contribution in [-0.4, -0.2) is 89.5 Å². The first-order chi connectivity index (χ1) is 24.7. The van der Waals surface area contributed by atoms with Crippen LogP contribution in [-0.2, 0) is 9.53 Å². The van der Waals surface area contributed by atoms with Crippen LogP contribution in [0.3, 0.4) is 0 Å². The minimum Gasteiger partial charge on any atom is -0.508 e. The average molecular weight is 694 g/mol. The average Bonchev–Trinajstić information content (AvgIpc) is 3.94. The number of morpholine rings is 1. The molecule has 2 aromatic heterocycles. The van der Waals surface area contributed by atoms with Gasteiger partial charge < -0.3 is 24.8 Å². The molecule has 0 radical (unpaired) electrons. The molecule has 2 aromatic carbocycles. The molecular formula is C38H37F2N7O4. The Morgan fingerprint density at radius 2 is 2.04 bits per heavy atom. The SMILES string of the molecule is C#Cc1c(F)ccc2cc(O)cc(-c3ncc4c(N5CC[C@H](C#N)C[C@H](NC(=O)C=C)C5)nc(OCC5(CN6CCOCC6)CC5)nc4c3F)c12.